The van der Waals surface area contributed by atoms with Gasteiger partial charge < -0.3 is 10.1 Å². The fourth-order valence-electron chi connectivity index (χ4n) is 2.30. The van der Waals surface area contributed by atoms with Crippen molar-refractivity contribution in [2.24, 2.45) is 0 Å². The Morgan fingerprint density at radius 1 is 1.20 bits per heavy atom. The van der Waals surface area contributed by atoms with Gasteiger partial charge >= 0.3 is 0 Å². The van der Waals surface area contributed by atoms with E-state index < -0.39 is 0 Å². The largest absolute Gasteiger partial charge is 0.439 e. The summed E-state index contributed by atoms with van der Waals surface area (Å²) in [6.07, 6.45) is 4.35. The van der Waals surface area contributed by atoms with Gasteiger partial charge in [-0.1, -0.05) is 12.1 Å². The molecule has 3 rings (SSSR count). The number of aromatic nitrogens is 1. The minimum atomic E-state index is 0.685. The predicted octanol–water partition coefficient (Wildman–Crippen LogP) is 3.74. The summed E-state index contributed by atoms with van der Waals surface area (Å²) < 4.78 is 5.97. The maximum absolute atomic E-state index is 5.97. The van der Waals surface area contributed by atoms with E-state index in [-0.39, 0.29) is 0 Å². The lowest BCUT2D eigenvalue weighted by Gasteiger charge is -2.11. The lowest BCUT2D eigenvalue weighted by Crippen LogP contribution is -2.16. The number of hydrogen-bond donors (Lipinski definition) is 1. The highest BCUT2D eigenvalue weighted by Gasteiger charge is 2.20. The molecule has 1 saturated carbocycles. The average molecular weight is 268 g/mol. The molecule has 104 valence electrons. The van der Waals surface area contributed by atoms with Crippen LogP contribution in [0.1, 0.15) is 29.5 Å². The fourth-order valence-corrected chi connectivity index (χ4v) is 2.30. The van der Waals surface area contributed by atoms with Gasteiger partial charge in [0.1, 0.15) is 5.75 Å². The molecule has 0 spiro atoms. The lowest BCUT2D eigenvalue weighted by atomic mass is 10.1. The molecule has 1 fully saturated rings. The Kier molecular flexibility index (Phi) is 3.70. The normalized spacial score (nSPS) is 14.3. The molecular formula is C17H20N2O. The van der Waals surface area contributed by atoms with Crippen molar-refractivity contribution in [3.63, 3.8) is 0 Å². The second kappa shape index (κ2) is 5.63. The van der Waals surface area contributed by atoms with Crippen LogP contribution in [0.5, 0.6) is 11.6 Å². The highest BCUT2D eigenvalue weighted by atomic mass is 16.5. The first-order chi connectivity index (χ1) is 9.70. The SMILES string of the molecule is Cc1cc(C)cc(Oc2ncccc2CNC2CC2)c1. The molecule has 0 bridgehead atoms. The summed E-state index contributed by atoms with van der Waals surface area (Å²) >= 11 is 0. The molecule has 0 amide bonds. The van der Waals surface area contributed by atoms with Crippen LogP contribution in [-0.2, 0) is 6.54 Å². The smallest absolute Gasteiger partial charge is 0.223 e. The Hall–Kier alpha value is -1.87. The Morgan fingerprint density at radius 3 is 2.65 bits per heavy atom. The molecule has 1 N–H and O–H groups in total. The third-order valence-corrected chi connectivity index (χ3v) is 3.42. The van der Waals surface area contributed by atoms with Crippen LogP contribution in [0.25, 0.3) is 0 Å². The van der Waals surface area contributed by atoms with E-state index in [9.17, 15) is 0 Å². The number of rotatable bonds is 5. The number of ether oxygens (including phenoxy) is 1. The minimum Gasteiger partial charge on any atom is -0.439 e. The van der Waals surface area contributed by atoms with Crippen molar-refractivity contribution < 1.29 is 4.74 Å². The standard InChI is InChI=1S/C17H20N2O/c1-12-8-13(2)10-16(9-12)20-17-14(4-3-7-18-17)11-19-15-5-6-15/h3-4,7-10,15,19H,5-6,11H2,1-2H3. The molecule has 20 heavy (non-hydrogen) atoms. The second-order valence-electron chi connectivity index (χ2n) is 5.55. The third-order valence-electron chi connectivity index (χ3n) is 3.42. The van der Waals surface area contributed by atoms with Gasteiger partial charge in [0.25, 0.3) is 0 Å². The van der Waals surface area contributed by atoms with Crippen LogP contribution in [0.15, 0.2) is 36.5 Å². The predicted molar refractivity (Wildman–Crippen MR) is 80.1 cm³/mol. The van der Waals surface area contributed by atoms with Crippen molar-refractivity contribution in [1.29, 1.82) is 0 Å². The topological polar surface area (TPSA) is 34.1 Å². The first-order valence-electron chi connectivity index (χ1n) is 7.14. The number of pyridine rings is 1. The van der Waals surface area contributed by atoms with E-state index in [0.29, 0.717) is 11.9 Å². The summed E-state index contributed by atoms with van der Waals surface area (Å²) in [5.41, 5.74) is 3.51. The minimum absolute atomic E-state index is 0.685. The molecule has 3 heteroatoms. The number of benzene rings is 1. The summed E-state index contributed by atoms with van der Waals surface area (Å²) in [7, 11) is 0. The van der Waals surface area contributed by atoms with Gasteiger partial charge in [0.05, 0.1) is 0 Å². The van der Waals surface area contributed by atoms with Crippen LogP contribution in [0.2, 0.25) is 0 Å². The first-order valence-corrected chi connectivity index (χ1v) is 7.14. The van der Waals surface area contributed by atoms with E-state index >= 15 is 0 Å². The van der Waals surface area contributed by atoms with Crippen LogP contribution < -0.4 is 10.1 Å². The summed E-state index contributed by atoms with van der Waals surface area (Å²) in [4.78, 5) is 4.37. The van der Waals surface area contributed by atoms with Gasteiger partial charge in [0.2, 0.25) is 5.88 Å². The summed E-state index contributed by atoms with van der Waals surface area (Å²) in [5, 5.41) is 3.50. The zero-order valence-electron chi connectivity index (χ0n) is 12.0. The van der Waals surface area contributed by atoms with Gasteiger partial charge in [-0.3, -0.25) is 0 Å². The van der Waals surface area contributed by atoms with E-state index in [0.717, 1.165) is 17.9 Å². The fraction of sp³-hybridized carbons (Fsp3) is 0.353. The molecule has 0 atom stereocenters. The Bertz CT molecular complexity index is 585. The molecule has 0 unspecified atom stereocenters. The molecule has 1 aromatic carbocycles. The monoisotopic (exact) mass is 268 g/mol. The summed E-state index contributed by atoms with van der Waals surface area (Å²) in [6, 6.07) is 10.9. The lowest BCUT2D eigenvalue weighted by molar-refractivity contribution is 0.452. The summed E-state index contributed by atoms with van der Waals surface area (Å²) in [5.74, 6) is 1.56. The molecular weight excluding hydrogens is 248 g/mol. The van der Waals surface area contributed by atoms with Gasteiger partial charge in [0.15, 0.2) is 0 Å². The van der Waals surface area contributed by atoms with E-state index in [2.05, 4.69) is 36.3 Å². The van der Waals surface area contributed by atoms with Crippen LogP contribution in [0, 0.1) is 13.8 Å². The molecule has 0 saturated heterocycles. The Morgan fingerprint density at radius 2 is 1.95 bits per heavy atom. The highest BCUT2D eigenvalue weighted by Crippen LogP contribution is 2.26. The van der Waals surface area contributed by atoms with Gasteiger partial charge in [-0.2, -0.15) is 0 Å². The molecule has 1 aromatic heterocycles. The molecule has 1 heterocycles. The number of nitrogens with zero attached hydrogens (tertiary/aromatic N) is 1. The number of hydrogen-bond acceptors (Lipinski definition) is 3. The zero-order valence-corrected chi connectivity index (χ0v) is 12.0. The van der Waals surface area contributed by atoms with Crippen LogP contribution in [0.4, 0.5) is 0 Å². The quantitative estimate of drug-likeness (QED) is 0.897. The second-order valence-corrected chi connectivity index (χ2v) is 5.55. The Balaban J connectivity index is 1.78. The van der Waals surface area contributed by atoms with Crippen LogP contribution in [0.3, 0.4) is 0 Å². The van der Waals surface area contributed by atoms with E-state index in [1.165, 1.54) is 24.0 Å². The maximum Gasteiger partial charge on any atom is 0.223 e. The van der Waals surface area contributed by atoms with Crippen molar-refractivity contribution in [3.8, 4) is 11.6 Å². The van der Waals surface area contributed by atoms with Gasteiger partial charge in [0, 0.05) is 24.3 Å². The van der Waals surface area contributed by atoms with Crippen molar-refractivity contribution in [2.75, 3.05) is 0 Å². The Labute approximate surface area is 120 Å². The number of nitrogens with one attached hydrogen (secondary N) is 1. The molecule has 2 aromatic rings. The van der Waals surface area contributed by atoms with Crippen LogP contribution in [-0.4, -0.2) is 11.0 Å². The number of aryl methyl sites for hydroxylation is 2. The van der Waals surface area contributed by atoms with Crippen molar-refractivity contribution >= 4 is 0 Å². The molecule has 1 aliphatic rings. The van der Waals surface area contributed by atoms with Gasteiger partial charge in [-0.25, -0.2) is 4.98 Å². The maximum atomic E-state index is 5.97. The zero-order chi connectivity index (χ0) is 13.9. The van der Waals surface area contributed by atoms with Gasteiger partial charge in [-0.05, 0) is 56.0 Å². The van der Waals surface area contributed by atoms with E-state index in [1.807, 2.05) is 18.2 Å². The van der Waals surface area contributed by atoms with Crippen molar-refractivity contribution in [1.82, 2.24) is 10.3 Å². The van der Waals surface area contributed by atoms with E-state index in [1.54, 1.807) is 6.20 Å². The van der Waals surface area contributed by atoms with E-state index in [4.69, 9.17) is 4.74 Å². The van der Waals surface area contributed by atoms with Crippen molar-refractivity contribution in [2.45, 2.75) is 39.3 Å². The molecule has 3 nitrogen and oxygen atoms in total. The molecule has 0 aliphatic heterocycles. The first kappa shape index (κ1) is 13.1. The summed E-state index contributed by atoms with van der Waals surface area (Å²) in [6.45, 7) is 4.97. The van der Waals surface area contributed by atoms with Gasteiger partial charge in [-0.15, -0.1) is 0 Å². The average Bonchev–Trinajstić information content (AvgIpc) is 3.20. The van der Waals surface area contributed by atoms with Crippen molar-refractivity contribution in [3.05, 3.63) is 53.2 Å². The highest BCUT2D eigenvalue weighted by molar-refractivity contribution is 5.37. The van der Waals surface area contributed by atoms with Crippen LogP contribution >= 0.6 is 0 Å². The molecule has 0 radical (unpaired) electrons. The third kappa shape index (κ3) is 3.36. The molecule has 1 aliphatic carbocycles.